The molecule has 3 rings (SSSR count). The Kier molecular flexibility index (Phi) is 4.32. The fraction of sp³-hybridized carbons (Fsp3) is 0.562. The minimum atomic E-state index is -0.0554. The average Bonchev–Trinajstić information content (AvgIpc) is 2.85. The molecule has 0 spiro atoms. The zero-order valence-corrected chi connectivity index (χ0v) is 12.7. The van der Waals surface area contributed by atoms with Gasteiger partial charge in [0, 0.05) is 17.0 Å². The van der Waals surface area contributed by atoms with Crippen LogP contribution in [0.25, 0.3) is 0 Å². The molecule has 1 saturated carbocycles. The van der Waals surface area contributed by atoms with Crippen LogP contribution in [0.4, 0.5) is 5.69 Å². The first-order chi connectivity index (χ1) is 9.78. The number of rotatable bonds is 3. The van der Waals surface area contributed by atoms with Gasteiger partial charge in [0.05, 0.1) is 6.04 Å². The lowest BCUT2D eigenvalue weighted by atomic mass is 10.0. The van der Waals surface area contributed by atoms with E-state index in [4.69, 9.17) is 0 Å². The van der Waals surface area contributed by atoms with Gasteiger partial charge in [-0.2, -0.15) is 11.8 Å². The molecular formula is C16H22N2OS. The number of thioether (sulfide) groups is 1. The van der Waals surface area contributed by atoms with E-state index in [9.17, 15) is 4.79 Å². The second-order valence-corrected chi connectivity index (χ2v) is 6.79. The Morgan fingerprint density at radius 3 is 2.95 bits per heavy atom. The van der Waals surface area contributed by atoms with Crippen molar-refractivity contribution >= 4 is 23.4 Å². The summed E-state index contributed by atoms with van der Waals surface area (Å²) in [6, 6.07) is 8.56. The number of aryl methyl sites for hydroxylation is 1. The number of amides is 1. The van der Waals surface area contributed by atoms with Gasteiger partial charge in [-0.1, -0.05) is 24.6 Å². The molecule has 0 aromatic heterocycles. The molecule has 1 amide bonds. The number of para-hydroxylation sites is 1. The zero-order chi connectivity index (χ0) is 13.9. The number of carbonyl (C=O) groups is 1. The van der Waals surface area contributed by atoms with Crippen molar-refractivity contribution in [3.8, 4) is 0 Å². The van der Waals surface area contributed by atoms with Gasteiger partial charge < -0.3 is 10.6 Å². The number of carbonyl (C=O) groups excluding carboxylic acids is 1. The van der Waals surface area contributed by atoms with Gasteiger partial charge in [-0.05, 0) is 43.6 Å². The standard InChI is InChI=1S/C16H22N2OS/c1-20-15-8-4-7-13(15)17-14-10-9-11-5-2-3-6-12(11)18-16(14)19/h2-3,5-6,13-15,17H,4,7-10H2,1H3,(H,18,19). The van der Waals surface area contributed by atoms with E-state index in [2.05, 4.69) is 23.0 Å². The summed E-state index contributed by atoms with van der Waals surface area (Å²) in [5, 5.41) is 7.34. The maximum absolute atomic E-state index is 12.4. The largest absolute Gasteiger partial charge is 0.324 e. The second-order valence-electron chi connectivity index (χ2n) is 5.72. The summed E-state index contributed by atoms with van der Waals surface area (Å²) < 4.78 is 0. The third kappa shape index (κ3) is 2.86. The molecule has 2 aliphatic rings. The Hall–Kier alpha value is -1.00. The summed E-state index contributed by atoms with van der Waals surface area (Å²) in [5.74, 6) is 0.127. The van der Waals surface area contributed by atoms with Gasteiger partial charge in [0.25, 0.3) is 0 Å². The molecule has 3 atom stereocenters. The summed E-state index contributed by atoms with van der Waals surface area (Å²) in [4.78, 5) is 12.4. The Bertz CT molecular complexity index is 491. The first kappa shape index (κ1) is 14.0. The van der Waals surface area contributed by atoms with E-state index in [0.717, 1.165) is 18.5 Å². The first-order valence-electron chi connectivity index (χ1n) is 7.45. The summed E-state index contributed by atoms with van der Waals surface area (Å²) in [6.07, 6.45) is 7.77. The van der Waals surface area contributed by atoms with Crippen LogP contribution in [-0.4, -0.2) is 29.5 Å². The van der Waals surface area contributed by atoms with Gasteiger partial charge in [0.2, 0.25) is 5.91 Å². The highest BCUT2D eigenvalue weighted by atomic mass is 32.2. The third-order valence-corrected chi connectivity index (χ3v) is 5.63. The van der Waals surface area contributed by atoms with E-state index in [1.165, 1.54) is 24.8 Å². The smallest absolute Gasteiger partial charge is 0.241 e. The number of anilines is 1. The molecule has 0 radical (unpaired) electrons. The van der Waals surface area contributed by atoms with Crippen LogP contribution in [0.2, 0.25) is 0 Å². The Labute approximate surface area is 124 Å². The molecule has 2 N–H and O–H groups in total. The maximum atomic E-state index is 12.4. The predicted octanol–water partition coefficient (Wildman–Crippen LogP) is 2.81. The van der Waals surface area contributed by atoms with Gasteiger partial charge in [0.15, 0.2) is 0 Å². The van der Waals surface area contributed by atoms with E-state index in [1.54, 1.807) is 0 Å². The normalized spacial score (nSPS) is 29.6. The second kappa shape index (κ2) is 6.19. The average molecular weight is 290 g/mol. The highest BCUT2D eigenvalue weighted by Crippen LogP contribution is 2.29. The van der Waals surface area contributed by atoms with Crippen LogP contribution in [-0.2, 0) is 11.2 Å². The monoisotopic (exact) mass is 290 g/mol. The van der Waals surface area contributed by atoms with E-state index >= 15 is 0 Å². The van der Waals surface area contributed by atoms with Crippen molar-refractivity contribution in [2.24, 2.45) is 0 Å². The number of hydrogen-bond acceptors (Lipinski definition) is 3. The number of fused-ring (bicyclic) bond motifs is 1. The Morgan fingerprint density at radius 1 is 1.25 bits per heavy atom. The van der Waals surface area contributed by atoms with Crippen molar-refractivity contribution in [2.75, 3.05) is 11.6 Å². The predicted molar refractivity (Wildman–Crippen MR) is 85.3 cm³/mol. The molecule has 1 aromatic carbocycles. The Balaban J connectivity index is 1.68. The molecule has 1 aliphatic carbocycles. The Morgan fingerprint density at radius 2 is 2.10 bits per heavy atom. The van der Waals surface area contributed by atoms with Gasteiger partial charge in [0.1, 0.15) is 0 Å². The van der Waals surface area contributed by atoms with Gasteiger partial charge in [-0.25, -0.2) is 0 Å². The molecule has 3 nitrogen and oxygen atoms in total. The maximum Gasteiger partial charge on any atom is 0.241 e. The van der Waals surface area contributed by atoms with Crippen molar-refractivity contribution in [2.45, 2.75) is 49.4 Å². The van der Waals surface area contributed by atoms with Crippen LogP contribution in [0, 0.1) is 0 Å². The lowest BCUT2D eigenvalue weighted by molar-refractivity contribution is -0.118. The molecule has 1 aliphatic heterocycles. The molecule has 1 aromatic rings. The molecule has 4 heteroatoms. The molecule has 1 fully saturated rings. The van der Waals surface area contributed by atoms with Crippen LogP contribution >= 0.6 is 11.8 Å². The van der Waals surface area contributed by atoms with Crippen LogP contribution in [0.3, 0.4) is 0 Å². The van der Waals surface area contributed by atoms with Gasteiger partial charge in [-0.15, -0.1) is 0 Å². The highest BCUT2D eigenvalue weighted by Gasteiger charge is 2.31. The fourth-order valence-corrected chi connectivity index (χ4v) is 4.27. The number of hydrogen-bond donors (Lipinski definition) is 2. The zero-order valence-electron chi connectivity index (χ0n) is 11.9. The number of nitrogens with one attached hydrogen (secondary N) is 2. The van der Waals surface area contributed by atoms with Crippen LogP contribution < -0.4 is 10.6 Å². The van der Waals surface area contributed by atoms with Crippen molar-refractivity contribution in [1.29, 1.82) is 0 Å². The summed E-state index contributed by atoms with van der Waals surface area (Å²) in [5.41, 5.74) is 2.23. The lowest BCUT2D eigenvalue weighted by Crippen LogP contribution is -2.47. The van der Waals surface area contributed by atoms with Gasteiger partial charge in [-0.3, -0.25) is 4.79 Å². The van der Waals surface area contributed by atoms with Crippen LogP contribution in [0.1, 0.15) is 31.2 Å². The topological polar surface area (TPSA) is 41.1 Å². The molecule has 0 bridgehead atoms. The van der Waals surface area contributed by atoms with Crippen LogP contribution in [0.15, 0.2) is 24.3 Å². The van der Waals surface area contributed by atoms with Crippen molar-refractivity contribution < 1.29 is 4.79 Å². The van der Waals surface area contributed by atoms with Crippen molar-refractivity contribution in [3.05, 3.63) is 29.8 Å². The minimum Gasteiger partial charge on any atom is -0.324 e. The molecular weight excluding hydrogens is 268 g/mol. The fourth-order valence-electron chi connectivity index (χ4n) is 3.33. The molecule has 1 heterocycles. The number of benzene rings is 1. The molecule has 20 heavy (non-hydrogen) atoms. The van der Waals surface area contributed by atoms with Crippen molar-refractivity contribution in [3.63, 3.8) is 0 Å². The van der Waals surface area contributed by atoms with Gasteiger partial charge >= 0.3 is 0 Å². The summed E-state index contributed by atoms with van der Waals surface area (Å²) in [6.45, 7) is 0. The molecule has 3 unspecified atom stereocenters. The van der Waals surface area contributed by atoms with E-state index in [0.29, 0.717) is 11.3 Å². The highest BCUT2D eigenvalue weighted by molar-refractivity contribution is 7.99. The molecule has 108 valence electrons. The molecule has 0 saturated heterocycles. The lowest BCUT2D eigenvalue weighted by Gasteiger charge is -2.24. The SMILES string of the molecule is CSC1CCCC1NC1CCc2ccccc2NC1=O. The first-order valence-corrected chi connectivity index (χ1v) is 8.74. The summed E-state index contributed by atoms with van der Waals surface area (Å²) >= 11 is 1.93. The summed E-state index contributed by atoms with van der Waals surface area (Å²) in [7, 11) is 0. The minimum absolute atomic E-state index is 0.0554. The van der Waals surface area contributed by atoms with E-state index < -0.39 is 0 Å². The van der Waals surface area contributed by atoms with Crippen molar-refractivity contribution in [1.82, 2.24) is 5.32 Å². The van der Waals surface area contributed by atoms with E-state index in [-0.39, 0.29) is 11.9 Å². The van der Waals surface area contributed by atoms with Crippen LogP contribution in [0.5, 0.6) is 0 Å². The van der Waals surface area contributed by atoms with E-state index in [1.807, 2.05) is 30.0 Å². The quantitative estimate of drug-likeness (QED) is 0.899. The third-order valence-electron chi connectivity index (χ3n) is 4.46.